The maximum atomic E-state index is 12.7. The van der Waals surface area contributed by atoms with Crippen molar-refractivity contribution in [2.24, 2.45) is 5.10 Å². The first-order valence-corrected chi connectivity index (χ1v) is 11.5. The van der Waals surface area contributed by atoms with Crippen LogP contribution in [0.1, 0.15) is 27.0 Å². The van der Waals surface area contributed by atoms with Gasteiger partial charge in [-0.2, -0.15) is 5.10 Å². The molecule has 0 aliphatic heterocycles. The third-order valence-corrected chi connectivity index (χ3v) is 5.68. The zero-order valence-electron chi connectivity index (χ0n) is 18.4. The van der Waals surface area contributed by atoms with E-state index in [1.807, 2.05) is 84.9 Å². The Morgan fingerprint density at radius 3 is 2.12 bits per heavy atom. The van der Waals surface area contributed by atoms with Gasteiger partial charge in [0.15, 0.2) is 0 Å². The lowest BCUT2D eigenvalue weighted by Crippen LogP contribution is -2.18. The molecule has 0 heterocycles. The second-order valence-corrected chi connectivity index (χ2v) is 8.28. The molecule has 0 spiro atoms. The van der Waals surface area contributed by atoms with Crippen molar-refractivity contribution < 1.29 is 14.3 Å². The zero-order valence-corrected chi connectivity index (χ0v) is 19.9. The maximum Gasteiger partial charge on any atom is 0.275 e. The Hall–Kier alpha value is -3.90. The van der Waals surface area contributed by atoms with Gasteiger partial charge in [-0.3, -0.25) is 4.79 Å². The van der Waals surface area contributed by atoms with Gasteiger partial charge in [0.25, 0.3) is 5.91 Å². The topological polar surface area (TPSA) is 59.9 Å². The lowest BCUT2D eigenvalue weighted by atomic mass is 10.2. The van der Waals surface area contributed by atoms with Crippen LogP contribution in [-0.2, 0) is 13.2 Å². The predicted molar refractivity (Wildman–Crippen MR) is 137 cm³/mol. The first kappa shape index (κ1) is 23.3. The molecule has 1 amide bonds. The molecule has 6 heteroatoms. The van der Waals surface area contributed by atoms with Crippen LogP contribution in [0.2, 0.25) is 0 Å². The summed E-state index contributed by atoms with van der Waals surface area (Å²) in [6.45, 7) is 0.840. The van der Waals surface area contributed by atoms with Crippen LogP contribution < -0.4 is 14.9 Å². The number of nitrogens with one attached hydrogen (secondary N) is 1. The summed E-state index contributed by atoms with van der Waals surface area (Å²) in [7, 11) is 0. The number of benzene rings is 4. The van der Waals surface area contributed by atoms with Gasteiger partial charge in [0.2, 0.25) is 0 Å². The molecule has 0 aromatic heterocycles. The Morgan fingerprint density at radius 2 is 1.41 bits per heavy atom. The third-order valence-electron chi connectivity index (χ3n) is 4.95. The second kappa shape index (κ2) is 11.8. The van der Waals surface area contributed by atoms with E-state index in [0.29, 0.717) is 30.3 Å². The molecule has 34 heavy (non-hydrogen) atoms. The molecule has 0 radical (unpaired) electrons. The van der Waals surface area contributed by atoms with Crippen molar-refractivity contribution in [1.29, 1.82) is 0 Å². The summed E-state index contributed by atoms with van der Waals surface area (Å²) in [5, 5.41) is 4.13. The minimum absolute atomic E-state index is 0.354. The molecule has 0 atom stereocenters. The Labute approximate surface area is 207 Å². The highest BCUT2D eigenvalue weighted by atomic mass is 79.9. The van der Waals surface area contributed by atoms with Gasteiger partial charge in [0.1, 0.15) is 24.7 Å². The van der Waals surface area contributed by atoms with Gasteiger partial charge >= 0.3 is 0 Å². The maximum absolute atomic E-state index is 12.7. The van der Waals surface area contributed by atoms with E-state index in [-0.39, 0.29) is 5.91 Å². The van der Waals surface area contributed by atoms with E-state index in [1.165, 1.54) is 0 Å². The molecule has 4 rings (SSSR count). The highest BCUT2D eigenvalue weighted by Crippen LogP contribution is 2.22. The van der Waals surface area contributed by atoms with Crippen molar-refractivity contribution in [2.45, 2.75) is 13.2 Å². The molecule has 5 nitrogen and oxygen atoms in total. The summed E-state index contributed by atoms with van der Waals surface area (Å²) in [5.41, 5.74) is 5.88. The van der Waals surface area contributed by atoms with Crippen molar-refractivity contribution in [3.05, 3.63) is 130 Å². The van der Waals surface area contributed by atoms with Gasteiger partial charge in [0.05, 0.1) is 11.8 Å². The standard InChI is InChI=1S/C28H23BrN2O3/c29-26-16-15-24(33-19-21-9-3-1-4-10-21)17-23(26)18-30-31-28(32)25-13-7-8-14-27(25)34-20-22-11-5-2-6-12-22/h1-18H,19-20H2,(H,31,32). The van der Waals surface area contributed by atoms with Crippen LogP contribution in [0.4, 0.5) is 0 Å². The average Bonchev–Trinajstić information content (AvgIpc) is 2.89. The van der Waals surface area contributed by atoms with Crippen LogP contribution in [0.25, 0.3) is 0 Å². The fourth-order valence-electron chi connectivity index (χ4n) is 3.19. The number of rotatable bonds is 9. The summed E-state index contributed by atoms with van der Waals surface area (Å²) in [4.78, 5) is 12.7. The summed E-state index contributed by atoms with van der Waals surface area (Å²) in [5.74, 6) is 0.851. The lowest BCUT2D eigenvalue weighted by Gasteiger charge is -2.10. The molecule has 0 fully saturated rings. The first-order chi connectivity index (χ1) is 16.7. The number of hydrogen-bond donors (Lipinski definition) is 1. The number of hydrazone groups is 1. The number of amides is 1. The lowest BCUT2D eigenvalue weighted by molar-refractivity contribution is 0.0950. The van der Waals surface area contributed by atoms with Crippen molar-refractivity contribution >= 4 is 28.1 Å². The summed E-state index contributed by atoms with van der Waals surface area (Å²) in [6, 6.07) is 32.5. The van der Waals surface area contributed by atoms with Crippen LogP contribution in [0, 0.1) is 0 Å². The molecule has 0 saturated carbocycles. The van der Waals surface area contributed by atoms with Gasteiger partial charge in [-0.05, 0) is 41.5 Å². The number of nitrogens with zero attached hydrogens (tertiary/aromatic N) is 1. The Bertz CT molecular complexity index is 1260. The number of carbonyl (C=O) groups is 1. The van der Waals surface area contributed by atoms with E-state index in [1.54, 1.807) is 24.4 Å². The van der Waals surface area contributed by atoms with Gasteiger partial charge in [-0.25, -0.2) is 5.43 Å². The molecule has 170 valence electrons. The molecule has 0 aliphatic rings. The van der Waals surface area contributed by atoms with Gasteiger partial charge < -0.3 is 9.47 Å². The number of halogens is 1. The Balaban J connectivity index is 1.38. The van der Waals surface area contributed by atoms with E-state index in [9.17, 15) is 4.79 Å². The molecular weight excluding hydrogens is 492 g/mol. The van der Waals surface area contributed by atoms with Crippen molar-refractivity contribution in [3.8, 4) is 11.5 Å². The summed E-state index contributed by atoms with van der Waals surface area (Å²) in [6.07, 6.45) is 1.57. The SMILES string of the molecule is O=C(NN=Cc1cc(OCc2ccccc2)ccc1Br)c1ccccc1OCc1ccccc1. The molecule has 4 aromatic carbocycles. The molecule has 0 unspecified atom stereocenters. The van der Waals surface area contributed by atoms with Crippen molar-refractivity contribution in [2.75, 3.05) is 0 Å². The summed E-state index contributed by atoms with van der Waals surface area (Å²) < 4.78 is 12.6. The fraction of sp³-hybridized carbons (Fsp3) is 0.0714. The monoisotopic (exact) mass is 514 g/mol. The Kier molecular flexibility index (Phi) is 8.08. The zero-order chi connectivity index (χ0) is 23.6. The molecule has 1 N–H and O–H groups in total. The van der Waals surface area contributed by atoms with Crippen LogP contribution >= 0.6 is 15.9 Å². The van der Waals surface area contributed by atoms with Crippen LogP contribution in [-0.4, -0.2) is 12.1 Å². The highest BCUT2D eigenvalue weighted by molar-refractivity contribution is 9.10. The normalized spacial score (nSPS) is 10.7. The highest BCUT2D eigenvalue weighted by Gasteiger charge is 2.11. The quantitative estimate of drug-likeness (QED) is 0.208. The second-order valence-electron chi connectivity index (χ2n) is 7.43. The summed E-state index contributed by atoms with van der Waals surface area (Å²) >= 11 is 3.51. The number of hydrogen-bond acceptors (Lipinski definition) is 4. The minimum atomic E-state index is -0.354. The number of carbonyl (C=O) groups excluding carboxylic acids is 1. The Morgan fingerprint density at radius 1 is 0.794 bits per heavy atom. The van der Waals surface area contributed by atoms with Crippen molar-refractivity contribution in [1.82, 2.24) is 5.43 Å². The number of ether oxygens (including phenoxy) is 2. The number of para-hydroxylation sites is 1. The van der Waals surface area contributed by atoms with Crippen molar-refractivity contribution in [3.63, 3.8) is 0 Å². The van der Waals surface area contributed by atoms with E-state index in [4.69, 9.17) is 9.47 Å². The van der Waals surface area contributed by atoms with E-state index in [0.717, 1.165) is 21.2 Å². The van der Waals surface area contributed by atoms with E-state index in [2.05, 4.69) is 26.5 Å². The van der Waals surface area contributed by atoms with Gasteiger partial charge in [-0.1, -0.05) is 88.7 Å². The van der Waals surface area contributed by atoms with Gasteiger partial charge in [0, 0.05) is 10.0 Å². The fourth-order valence-corrected chi connectivity index (χ4v) is 3.54. The minimum Gasteiger partial charge on any atom is -0.489 e. The van der Waals surface area contributed by atoms with Gasteiger partial charge in [-0.15, -0.1) is 0 Å². The molecule has 0 bridgehead atoms. The largest absolute Gasteiger partial charge is 0.489 e. The van der Waals surface area contributed by atoms with E-state index >= 15 is 0 Å². The van der Waals surface area contributed by atoms with E-state index < -0.39 is 0 Å². The average molecular weight is 515 g/mol. The predicted octanol–water partition coefficient (Wildman–Crippen LogP) is 6.37. The molecule has 4 aromatic rings. The van der Waals surface area contributed by atoms with Crippen LogP contribution in [0.15, 0.2) is 113 Å². The molecule has 0 aliphatic carbocycles. The molecule has 0 saturated heterocycles. The van der Waals surface area contributed by atoms with Crippen LogP contribution in [0.5, 0.6) is 11.5 Å². The smallest absolute Gasteiger partial charge is 0.275 e. The van der Waals surface area contributed by atoms with Crippen LogP contribution in [0.3, 0.4) is 0 Å². The first-order valence-electron chi connectivity index (χ1n) is 10.7. The third kappa shape index (κ3) is 6.56. The molecular formula is C28H23BrN2O3.